The van der Waals surface area contributed by atoms with Crippen molar-refractivity contribution in [3.05, 3.63) is 22.8 Å². The molecule has 1 aliphatic rings. The normalized spacial score (nSPS) is 21.5. The molecular weight excluding hydrogens is 362 g/mol. The standard InChI is InChI=1S/C17H21NO7S/c1-8-4-14(21)18-11(16(22)24-3)7-26-6-10-13(20)5-12(19)9(2)15(10)17(23)25-8/h5,8,11,19-20H,4,6-7H2,1-3H3,(H,18,21)/t8-,11+/m1/s1. The first-order chi connectivity index (χ1) is 12.2. The minimum Gasteiger partial charge on any atom is -0.508 e. The number of carbonyl (C=O) groups excluding carboxylic acids is 3. The monoisotopic (exact) mass is 383 g/mol. The fourth-order valence-corrected chi connectivity index (χ4v) is 3.69. The summed E-state index contributed by atoms with van der Waals surface area (Å²) in [6.45, 7) is 3.09. The number of esters is 2. The van der Waals surface area contributed by atoms with E-state index in [2.05, 4.69) is 5.32 Å². The van der Waals surface area contributed by atoms with E-state index < -0.39 is 30.0 Å². The number of fused-ring (bicyclic) bond motifs is 1. The van der Waals surface area contributed by atoms with Crippen molar-refractivity contribution < 1.29 is 34.1 Å². The van der Waals surface area contributed by atoms with Gasteiger partial charge in [-0.1, -0.05) is 0 Å². The van der Waals surface area contributed by atoms with Crippen LogP contribution in [0.25, 0.3) is 0 Å². The van der Waals surface area contributed by atoms with E-state index in [9.17, 15) is 24.6 Å². The van der Waals surface area contributed by atoms with Gasteiger partial charge in [-0.2, -0.15) is 11.8 Å². The Morgan fingerprint density at radius 1 is 1.35 bits per heavy atom. The van der Waals surface area contributed by atoms with Crippen LogP contribution in [-0.4, -0.2) is 53.1 Å². The lowest BCUT2D eigenvalue weighted by molar-refractivity contribution is -0.144. The number of thioether (sulfide) groups is 1. The second kappa shape index (κ2) is 8.31. The van der Waals surface area contributed by atoms with Gasteiger partial charge in [-0.15, -0.1) is 0 Å². The van der Waals surface area contributed by atoms with E-state index in [-0.39, 0.29) is 40.6 Å². The molecule has 1 amide bonds. The van der Waals surface area contributed by atoms with Gasteiger partial charge in [0.15, 0.2) is 0 Å². The van der Waals surface area contributed by atoms with E-state index in [0.717, 1.165) is 6.07 Å². The first-order valence-electron chi connectivity index (χ1n) is 7.94. The summed E-state index contributed by atoms with van der Waals surface area (Å²) in [5, 5.41) is 22.6. The molecule has 0 aromatic heterocycles. The molecule has 0 saturated carbocycles. The summed E-state index contributed by atoms with van der Waals surface area (Å²) >= 11 is 1.23. The summed E-state index contributed by atoms with van der Waals surface area (Å²) < 4.78 is 9.98. The lowest BCUT2D eigenvalue weighted by Gasteiger charge is -2.21. The number of ether oxygens (including phenoxy) is 2. The molecule has 1 aliphatic heterocycles. The van der Waals surface area contributed by atoms with E-state index in [1.165, 1.54) is 18.9 Å². The molecule has 9 heteroatoms. The van der Waals surface area contributed by atoms with Gasteiger partial charge in [0.2, 0.25) is 5.91 Å². The fourth-order valence-electron chi connectivity index (χ4n) is 2.62. The zero-order valence-corrected chi connectivity index (χ0v) is 15.5. The zero-order valence-electron chi connectivity index (χ0n) is 14.7. The first kappa shape index (κ1) is 19.9. The molecule has 3 N–H and O–H groups in total. The maximum absolute atomic E-state index is 12.5. The fraction of sp³-hybridized carbons (Fsp3) is 0.471. The van der Waals surface area contributed by atoms with Crippen molar-refractivity contribution >= 4 is 29.6 Å². The number of hydrogen-bond acceptors (Lipinski definition) is 8. The van der Waals surface area contributed by atoms with Crippen molar-refractivity contribution in [1.82, 2.24) is 5.32 Å². The summed E-state index contributed by atoms with van der Waals surface area (Å²) in [7, 11) is 1.23. The number of rotatable bonds is 1. The minimum absolute atomic E-state index is 0.0671. The molecule has 2 atom stereocenters. The average Bonchev–Trinajstić information content (AvgIpc) is 2.56. The summed E-state index contributed by atoms with van der Waals surface area (Å²) in [5.74, 6) is -1.86. The molecule has 1 aromatic rings. The molecule has 0 fully saturated rings. The highest BCUT2D eigenvalue weighted by atomic mass is 32.2. The number of amides is 1. The van der Waals surface area contributed by atoms with Gasteiger partial charge in [-0.25, -0.2) is 9.59 Å². The van der Waals surface area contributed by atoms with Crippen molar-refractivity contribution in [3.63, 3.8) is 0 Å². The number of phenolic OH excluding ortho intramolecular Hbond substituents is 2. The van der Waals surface area contributed by atoms with Crippen LogP contribution >= 0.6 is 11.8 Å². The topological polar surface area (TPSA) is 122 Å². The van der Waals surface area contributed by atoms with Gasteiger partial charge < -0.3 is 25.0 Å². The Bertz CT molecular complexity index is 734. The number of nitrogens with one attached hydrogen (secondary N) is 1. The molecule has 2 rings (SSSR count). The predicted molar refractivity (Wildman–Crippen MR) is 94.1 cm³/mol. The highest BCUT2D eigenvalue weighted by Crippen LogP contribution is 2.35. The number of hydrogen-bond donors (Lipinski definition) is 3. The van der Waals surface area contributed by atoms with Crippen LogP contribution in [0.15, 0.2) is 6.07 Å². The SMILES string of the molecule is COC(=O)[C@@H]1CSCc2c(O)cc(O)c(C)c2C(=O)O[C@H](C)CC(=O)N1. The molecule has 0 radical (unpaired) electrons. The molecule has 142 valence electrons. The van der Waals surface area contributed by atoms with Crippen LogP contribution in [0.3, 0.4) is 0 Å². The lowest BCUT2D eigenvalue weighted by atomic mass is 10.0. The van der Waals surface area contributed by atoms with Gasteiger partial charge in [-0.3, -0.25) is 4.79 Å². The van der Waals surface area contributed by atoms with Crippen molar-refractivity contribution in [3.8, 4) is 11.5 Å². The Morgan fingerprint density at radius 3 is 2.69 bits per heavy atom. The summed E-state index contributed by atoms with van der Waals surface area (Å²) in [6.07, 6.45) is -0.895. The van der Waals surface area contributed by atoms with Gasteiger partial charge in [0, 0.05) is 28.7 Å². The maximum Gasteiger partial charge on any atom is 0.339 e. The Hall–Kier alpha value is -2.42. The molecule has 0 saturated heterocycles. The van der Waals surface area contributed by atoms with Gasteiger partial charge >= 0.3 is 11.9 Å². The van der Waals surface area contributed by atoms with Crippen molar-refractivity contribution in [2.24, 2.45) is 0 Å². The first-order valence-corrected chi connectivity index (χ1v) is 9.10. The number of carbonyl (C=O) groups is 3. The third-order valence-corrected chi connectivity index (χ3v) is 5.04. The smallest absolute Gasteiger partial charge is 0.339 e. The third kappa shape index (κ3) is 4.40. The molecule has 0 spiro atoms. The molecule has 26 heavy (non-hydrogen) atoms. The second-order valence-electron chi connectivity index (χ2n) is 5.97. The van der Waals surface area contributed by atoms with Gasteiger partial charge in [0.25, 0.3) is 0 Å². The van der Waals surface area contributed by atoms with Crippen LogP contribution in [0.5, 0.6) is 11.5 Å². The summed E-state index contributed by atoms with van der Waals surface area (Å²) in [4.78, 5) is 36.4. The molecule has 0 bridgehead atoms. The van der Waals surface area contributed by atoms with Crippen molar-refractivity contribution in [2.75, 3.05) is 12.9 Å². The quantitative estimate of drug-likeness (QED) is 0.619. The molecule has 8 nitrogen and oxygen atoms in total. The Labute approximate surface area is 154 Å². The predicted octanol–water partition coefficient (Wildman–Crippen LogP) is 1.25. The molecule has 1 aromatic carbocycles. The van der Waals surface area contributed by atoms with Crippen LogP contribution in [0.1, 0.15) is 34.8 Å². The molecule has 1 heterocycles. The van der Waals surface area contributed by atoms with E-state index in [0.29, 0.717) is 5.56 Å². The number of methoxy groups -OCH3 is 1. The van der Waals surface area contributed by atoms with Crippen LogP contribution in [0.2, 0.25) is 0 Å². The van der Waals surface area contributed by atoms with Crippen molar-refractivity contribution in [2.45, 2.75) is 38.2 Å². The van der Waals surface area contributed by atoms with E-state index >= 15 is 0 Å². The van der Waals surface area contributed by atoms with Gasteiger partial charge in [-0.05, 0) is 13.8 Å². The lowest BCUT2D eigenvalue weighted by Crippen LogP contribution is -2.44. The minimum atomic E-state index is -0.858. The van der Waals surface area contributed by atoms with Crippen molar-refractivity contribution in [1.29, 1.82) is 0 Å². The highest BCUT2D eigenvalue weighted by molar-refractivity contribution is 7.98. The van der Waals surface area contributed by atoms with E-state index in [1.807, 2.05) is 0 Å². The zero-order chi connectivity index (χ0) is 19.4. The van der Waals surface area contributed by atoms with E-state index in [4.69, 9.17) is 9.47 Å². The van der Waals surface area contributed by atoms with Crippen LogP contribution in [0, 0.1) is 6.92 Å². The van der Waals surface area contributed by atoms with E-state index in [1.54, 1.807) is 13.8 Å². The number of cyclic esters (lactones) is 1. The van der Waals surface area contributed by atoms with Crippen LogP contribution < -0.4 is 5.32 Å². The molecule has 0 unspecified atom stereocenters. The number of aromatic hydroxyl groups is 2. The Morgan fingerprint density at radius 2 is 2.04 bits per heavy atom. The third-order valence-electron chi connectivity index (χ3n) is 3.98. The summed E-state index contributed by atoms with van der Waals surface area (Å²) in [6, 6.07) is 0.306. The largest absolute Gasteiger partial charge is 0.508 e. The number of phenols is 2. The summed E-state index contributed by atoms with van der Waals surface area (Å²) in [5.41, 5.74) is 0.650. The second-order valence-corrected chi connectivity index (χ2v) is 7.00. The molecule has 0 aliphatic carbocycles. The van der Waals surface area contributed by atoms with Gasteiger partial charge in [0.05, 0.1) is 19.1 Å². The van der Waals surface area contributed by atoms with Crippen LogP contribution in [0.4, 0.5) is 0 Å². The maximum atomic E-state index is 12.5. The average molecular weight is 383 g/mol. The van der Waals surface area contributed by atoms with Crippen LogP contribution in [-0.2, 0) is 24.8 Å². The molecular formula is C17H21NO7S. The van der Waals surface area contributed by atoms with Gasteiger partial charge in [0.1, 0.15) is 23.6 Å². The Kier molecular flexibility index (Phi) is 6.36. The number of benzene rings is 1. The highest BCUT2D eigenvalue weighted by Gasteiger charge is 2.28. The Balaban J connectivity index is 2.42.